The van der Waals surface area contributed by atoms with Crippen LogP contribution in [-0.4, -0.2) is 43.6 Å². The summed E-state index contributed by atoms with van der Waals surface area (Å²) in [5.41, 5.74) is 0.234. The molecule has 1 saturated heterocycles. The fourth-order valence-electron chi connectivity index (χ4n) is 2.22. The highest BCUT2D eigenvalue weighted by molar-refractivity contribution is 5.87. The molecule has 0 amide bonds. The Labute approximate surface area is 124 Å². The largest absolute Gasteiger partial charge is 0.493 e. The highest BCUT2D eigenvalue weighted by Gasteiger charge is 2.13. The molecule has 1 unspecified atom stereocenters. The van der Waals surface area contributed by atoms with E-state index in [1.807, 2.05) is 0 Å². The molecule has 0 spiro atoms. The zero-order valence-corrected chi connectivity index (χ0v) is 12.1. The maximum absolute atomic E-state index is 10.8. The van der Waals surface area contributed by atoms with Crippen LogP contribution in [0.4, 0.5) is 0 Å². The molecular formula is C16H22O5. The number of ether oxygens (including phenoxy) is 3. The molecule has 5 heteroatoms. The van der Waals surface area contributed by atoms with E-state index in [1.54, 1.807) is 18.2 Å². The lowest BCUT2D eigenvalue weighted by Gasteiger charge is -2.22. The SMILES string of the molecule is O=C(O)c1cccc(OCCCOCC2CCCCO2)c1. The van der Waals surface area contributed by atoms with Gasteiger partial charge in [0.1, 0.15) is 5.75 Å². The van der Waals surface area contributed by atoms with E-state index in [4.69, 9.17) is 19.3 Å². The average Bonchev–Trinajstić information content (AvgIpc) is 2.52. The Hall–Kier alpha value is -1.59. The Kier molecular flexibility index (Phi) is 6.50. The van der Waals surface area contributed by atoms with Gasteiger partial charge < -0.3 is 19.3 Å². The minimum atomic E-state index is -0.948. The van der Waals surface area contributed by atoms with E-state index in [2.05, 4.69) is 0 Å². The van der Waals surface area contributed by atoms with Gasteiger partial charge in [0.2, 0.25) is 0 Å². The monoisotopic (exact) mass is 294 g/mol. The van der Waals surface area contributed by atoms with Crippen LogP contribution >= 0.6 is 0 Å². The maximum atomic E-state index is 10.8. The van der Waals surface area contributed by atoms with Crippen LogP contribution in [0.2, 0.25) is 0 Å². The summed E-state index contributed by atoms with van der Waals surface area (Å²) in [4.78, 5) is 10.8. The number of hydrogen-bond acceptors (Lipinski definition) is 4. The lowest BCUT2D eigenvalue weighted by molar-refractivity contribution is -0.0419. The van der Waals surface area contributed by atoms with Crippen molar-refractivity contribution in [2.75, 3.05) is 26.4 Å². The van der Waals surface area contributed by atoms with Gasteiger partial charge in [-0.05, 0) is 37.5 Å². The van der Waals surface area contributed by atoms with E-state index < -0.39 is 5.97 Å². The molecule has 0 radical (unpaired) electrons. The molecule has 2 rings (SSSR count). The summed E-state index contributed by atoms with van der Waals surface area (Å²) in [5.74, 6) is -0.373. The van der Waals surface area contributed by atoms with Gasteiger partial charge in [0.05, 0.1) is 24.9 Å². The highest BCUT2D eigenvalue weighted by atomic mass is 16.5. The molecule has 1 heterocycles. The van der Waals surface area contributed by atoms with Crippen molar-refractivity contribution >= 4 is 5.97 Å². The molecule has 0 saturated carbocycles. The fraction of sp³-hybridized carbons (Fsp3) is 0.562. The molecule has 1 aromatic carbocycles. The average molecular weight is 294 g/mol. The maximum Gasteiger partial charge on any atom is 0.335 e. The van der Waals surface area contributed by atoms with Crippen molar-refractivity contribution in [2.24, 2.45) is 0 Å². The van der Waals surface area contributed by atoms with Crippen LogP contribution in [0.3, 0.4) is 0 Å². The van der Waals surface area contributed by atoms with Crippen molar-refractivity contribution in [3.05, 3.63) is 29.8 Å². The zero-order valence-electron chi connectivity index (χ0n) is 12.1. The van der Waals surface area contributed by atoms with Gasteiger partial charge in [-0.1, -0.05) is 6.07 Å². The summed E-state index contributed by atoms with van der Waals surface area (Å²) < 4.78 is 16.7. The molecule has 116 valence electrons. The molecule has 1 N–H and O–H groups in total. The number of aromatic carboxylic acids is 1. The van der Waals surface area contributed by atoms with Crippen LogP contribution in [0.5, 0.6) is 5.75 Å². The van der Waals surface area contributed by atoms with Crippen molar-refractivity contribution in [1.82, 2.24) is 0 Å². The quantitative estimate of drug-likeness (QED) is 0.747. The van der Waals surface area contributed by atoms with Crippen molar-refractivity contribution in [2.45, 2.75) is 31.8 Å². The summed E-state index contributed by atoms with van der Waals surface area (Å²) >= 11 is 0. The summed E-state index contributed by atoms with van der Waals surface area (Å²) in [7, 11) is 0. The Morgan fingerprint density at radius 1 is 1.33 bits per heavy atom. The molecule has 5 nitrogen and oxygen atoms in total. The number of carbonyl (C=O) groups is 1. The second kappa shape index (κ2) is 8.64. The van der Waals surface area contributed by atoms with E-state index in [1.165, 1.54) is 12.5 Å². The van der Waals surface area contributed by atoms with E-state index >= 15 is 0 Å². The first-order valence-electron chi connectivity index (χ1n) is 7.41. The third-order valence-corrected chi connectivity index (χ3v) is 3.36. The van der Waals surface area contributed by atoms with Gasteiger partial charge in [0, 0.05) is 19.6 Å². The minimum Gasteiger partial charge on any atom is -0.493 e. The van der Waals surface area contributed by atoms with Crippen molar-refractivity contribution in [3.8, 4) is 5.75 Å². The summed E-state index contributed by atoms with van der Waals surface area (Å²) in [6.45, 7) is 2.62. The summed E-state index contributed by atoms with van der Waals surface area (Å²) in [5, 5.41) is 8.89. The van der Waals surface area contributed by atoms with Gasteiger partial charge in [-0.3, -0.25) is 0 Å². The lowest BCUT2D eigenvalue weighted by Crippen LogP contribution is -2.24. The molecule has 0 aromatic heterocycles. The van der Waals surface area contributed by atoms with Crippen LogP contribution in [0.1, 0.15) is 36.0 Å². The smallest absolute Gasteiger partial charge is 0.335 e. The second-order valence-electron chi connectivity index (χ2n) is 5.10. The number of hydrogen-bond donors (Lipinski definition) is 1. The molecule has 1 aliphatic heterocycles. The highest BCUT2D eigenvalue weighted by Crippen LogP contribution is 2.14. The predicted octanol–water partition coefficient (Wildman–Crippen LogP) is 2.74. The predicted molar refractivity (Wildman–Crippen MR) is 77.9 cm³/mol. The third-order valence-electron chi connectivity index (χ3n) is 3.36. The minimum absolute atomic E-state index is 0.234. The normalized spacial score (nSPS) is 18.4. The Balaban J connectivity index is 1.57. The van der Waals surface area contributed by atoms with Crippen LogP contribution in [0.25, 0.3) is 0 Å². The van der Waals surface area contributed by atoms with Crippen LogP contribution in [-0.2, 0) is 9.47 Å². The number of rotatable bonds is 8. The van der Waals surface area contributed by atoms with Gasteiger partial charge in [0.25, 0.3) is 0 Å². The summed E-state index contributed by atoms with van der Waals surface area (Å²) in [6.07, 6.45) is 4.46. The van der Waals surface area contributed by atoms with E-state index in [9.17, 15) is 4.79 Å². The lowest BCUT2D eigenvalue weighted by atomic mass is 10.1. The number of carboxylic acids is 1. The van der Waals surface area contributed by atoms with Gasteiger partial charge in [-0.15, -0.1) is 0 Å². The van der Waals surface area contributed by atoms with Crippen molar-refractivity contribution < 1.29 is 24.1 Å². The second-order valence-corrected chi connectivity index (χ2v) is 5.10. The van der Waals surface area contributed by atoms with E-state index in [0.29, 0.717) is 25.6 Å². The van der Waals surface area contributed by atoms with E-state index in [0.717, 1.165) is 25.9 Å². The Bertz CT molecular complexity index is 440. The third kappa shape index (κ3) is 5.73. The molecular weight excluding hydrogens is 272 g/mol. The van der Waals surface area contributed by atoms with Crippen molar-refractivity contribution in [3.63, 3.8) is 0 Å². The first kappa shape index (κ1) is 15.8. The fourth-order valence-corrected chi connectivity index (χ4v) is 2.22. The zero-order chi connectivity index (χ0) is 14.9. The molecule has 0 bridgehead atoms. The first-order chi connectivity index (χ1) is 10.3. The van der Waals surface area contributed by atoms with Gasteiger partial charge in [0.15, 0.2) is 0 Å². The van der Waals surface area contributed by atoms with Crippen LogP contribution in [0, 0.1) is 0 Å². The summed E-state index contributed by atoms with van der Waals surface area (Å²) in [6, 6.07) is 6.50. The molecule has 1 atom stereocenters. The molecule has 1 aromatic rings. The first-order valence-corrected chi connectivity index (χ1v) is 7.41. The van der Waals surface area contributed by atoms with Crippen molar-refractivity contribution in [1.29, 1.82) is 0 Å². The van der Waals surface area contributed by atoms with Gasteiger partial charge in [-0.2, -0.15) is 0 Å². The topological polar surface area (TPSA) is 65.0 Å². The molecule has 1 fully saturated rings. The molecule has 1 aliphatic rings. The Morgan fingerprint density at radius 3 is 3.00 bits per heavy atom. The number of benzene rings is 1. The van der Waals surface area contributed by atoms with Crippen LogP contribution < -0.4 is 4.74 Å². The number of carboxylic acid groups (broad SMARTS) is 1. The van der Waals surface area contributed by atoms with Crippen LogP contribution in [0.15, 0.2) is 24.3 Å². The molecule has 21 heavy (non-hydrogen) atoms. The van der Waals surface area contributed by atoms with E-state index in [-0.39, 0.29) is 11.7 Å². The van der Waals surface area contributed by atoms with Gasteiger partial charge in [-0.25, -0.2) is 4.79 Å². The standard InChI is InChI=1S/C16H22O5/c17-16(18)13-5-3-7-14(11-13)20-10-4-8-19-12-15-6-1-2-9-21-15/h3,5,7,11,15H,1-2,4,6,8-10,12H2,(H,17,18). The Morgan fingerprint density at radius 2 is 2.24 bits per heavy atom. The van der Waals surface area contributed by atoms with Gasteiger partial charge >= 0.3 is 5.97 Å². The molecule has 0 aliphatic carbocycles.